The second kappa shape index (κ2) is 6.06. The van der Waals surface area contributed by atoms with Crippen LogP contribution in [0.25, 0.3) is 0 Å². The maximum atomic E-state index is 5.59. The van der Waals surface area contributed by atoms with Crippen LogP contribution in [0.4, 0.5) is 0 Å². The zero-order chi connectivity index (χ0) is 12.1. The van der Waals surface area contributed by atoms with Crippen LogP contribution in [0.5, 0.6) is 11.5 Å². The van der Waals surface area contributed by atoms with Gasteiger partial charge in [-0.1, -0.05) is 12.2 Å². The van der Waals surface area contributed by atoms with Crippen molar-refractivity contribution in [1.29, 1.82) is 0 Å². The molecule has 0 spiro atoms. The fourth-order valence-corrected chi connectivity index (χ4v) is 1.93. The molecule has 0 heterocycles. The Morgan fingerprint density at radius 3 is 2.44 bits per heavy atom. The molecule has 0 saturated heterocycles. The van der Waals surface area contributed by atoms with Gasteiger partial charge in [0.15, 0.2) is 11.5 Å². The summed E-state index contributed by atoms with van der Waals surface area (Å²) in [6, 6.07) is 3.62. The predicted octanol–water partition coefficient (Wildman–Crippen LogP) is 2.88. The average Bonchev–Trinajstić information content (AvgIpc) is 2.23. The zero-order valence-electron chi connectivity index (χ0n) is 9.25. The van der Waals surface area contributed by atoms with E-state index < -0.39 is 0 Å². The highest BCUT2D eigenvalue weighted by atomic mass is 79.9. The molecule has 0 atom stereocenters. The topological polar surface area (TPSA) is 44.5 Å². The second-order valence-corrected chi connectivity index (χ2v) is 4.31. The molecular formula is C11H14BrNO2S. The Balaban J connectivity index is 3.21. The molecule has 88 valence electrons. The Morgan fingerprint density at radius 1 is 1.31 bits per heavy atom. The lowest BCUT2D eigenvalue weighted by atomic mass is 10.2. The standard InChI is InChI=1S/C11H14BrNO2S/c1-3-14-9-6-7(11(13)16)5-8(12)10(9)15-4-2/h5-6H,3-4H2,1-2H3,(H2,13,16). The Morgan fingerprint density at radius 2 is 1.94 bits per heavy atom. The van der Waals surface area contributed by atoms with Crippen LogP contribution >= 0.6 is 28.1 Å². The van der Waals surface area contributed by atoms with Crippen LogP contribution < -0.4 is 15.2 Å². The molecule has 0 radical (unpaired) electrons. The van der Waals surface area contributed by atoms with E-state index in [-0.39, 0.29) is 0 Å². The summed E-state index contributed by atoms with van der Waals surface area (Å²) in [4.78, 5) is 0.338. The maximum absolute atomic E-state index is 5.59. The van der Waals surface area contributed by atoms with Crippen molar-refractivity contribution >= 4 is 33.1 Å². The molecule has 3 nitrogen and oxygen atoms in total. The first-order chi connectivity index (χ1) is 7.60. The van der Waals surface area contributed by atoms with Gasteiger partial charge in [0.05, 0.1) is 17.7 Å². The van der Waals surface area contributed by atoms with E-state index in [1.807, 2.05) is 19.9 Å². The Labute approximate surface area is 109 Å². The first-order valence-electron chi connectivity index (χ1n) is 4.99. The van der Waals surface area contributed by atoms with Gasteiger partial charge >= 0.3 is 0 Å². The maximum Gasteiger partial charge on any atom is 0.175 e. The van der Waals surface area contributed by atoms with E-state index in [2.05, 4.69) is 15.9 Å². The third kappa shape index (κ3) is 3.09. The van der Waals surface area contributed by atoms with E-state index >= 15 is 0 Å². The lowest BCUT2D eigenvalue weighted by Gasteiger charge is -2.14. The molecule has 1 rings (SSSR count). The van der Waals surface area contributed by atoms with Gasteiger partial charge in [-0.05, 0) is 41.9 Å². The molecule has 0 amide bonds. The summed E-state index contributed by atoms with van der Waals surface area (Å²) in [7, 11) is 0. The van der Waals surface area contributed by atoms with Crippen molar-refractivity contribution in [3.8, 4) is 11.5 Å². The first kappa shape index (κ1) is 13.3. The van der Waals surface area contributed by atoms with E-state index in [9.17, 15) is 0 Å². The number of hydrogen-bond acceptors (Lipinski definition) is 3. The molecule has 2 N–H and O–H groups in total. The molecule has 5 heteroatoms. The van der Waals surface area contributed by atoms with E-state index in [0.29, 0.717) is 29.7 Å². The molecule has 0 bridgehead atoms. The third-order valence-electron chi connectivity index (χ3n) is 1.88. The Kier molecular flexibility index (Phi) is 5.02. The summed E-state index contributed by atoms with van der Waals surface area (Å²) >= 11 is 8.35. The summed E-state index contributed by atoms with van der Waals surface area (Å²) in [5, 5.41) is 0. The van der Waals surface area contributed by atoms with E-state index in [4.69, 9.17) is 27.4 Å². The Bertz CT molecular complexity index is 396. The molecule has 0 aliphatic heterocycles. The summed E-state index contributed by atoms with van der Waals surface area (Å²) < 4.78 is 11.8. The van der Waals surface area contributed by atoms with Crippen molar-refractivity contribution in [3.05, 3.63) is 22.2 Å². The monoisotopic (exact) mass is 303 g/mol. The van der Waals surface area contributed by atoms with Crippen molar-refractivity contribution in [2.24, 2.45) is 5.73 Å². The minimum atomic E-state index is 0.338. The minimum absolute atomic E-state index is 0.338. The van der Waals surface area contributed by atoms with Crippen molar-refractivity contribution in [1.82, 2.24) is 0 Å². The lowest BCUT2D eigenvalue weighted by molar-refractivity contribution is 0.286. The number of ether oxygens (including phenoxy) is 2. The highest BCUT2D eigenvalue weighted by molar-refractivity contribution is 9.10. The van der Waals surface area contributed by atoms with Crippen molar-refractivity contribution in [2.45, 2.75) is 13.8 Å². The molecule has 0 fully saturated rings. The Hall–Kier alpha value is -0.810. The van der Waals surface area contributed by atoms with Gasteiger partial charge in [-0.2, -0.15) is 0 Å². The molecule has 0 aromatic heterocycles. The van der Waals surface area contributed by atoms with Crippen molar-refractivity contribution in [2.75, 3.05) is 13.2 Å². The van der Waals surface area contributed by atoms with Gasteiger partial charge in [0.25, 0.3) is 0 Å². The van der Waals surface area contributed by atoms with E-state index in [1.54, 1.807) is 6.07 Å². The normalized spacial score (nSPS) is 9.94. The summed E-state index contributed by atoms with van der Waals surface area (Å²) in [6.07, 6.45) is 0. The zero-order valence-corrected chi connectivity index (χ0v) is 11.7. The van der Waals surface area contributed by atoms with Gasteiger partial charge in [0.2, 0.25) is 0 Å². The number of thiocarbonyl (C=S) groups is 1. The minimum Gasteiger partial charge on any atom is -0.490 e. The smallest absolute Gasteiger partial charge is 0.175 e. The van der Waals surface area contributed by atoms with Crippen molar-refractivity contribution in [3.63, 3.8) is 0 Å². The van der Waals surface area contributed by atoms with Gasteiger partial charge in [-0.25, -0.2) is 0 Å². The van der Waals surface area contributed by atoms with Gasteiger partial charge in [0.1, 0.15) is 4.99 Å². The highest BCUT2D eigenvalue weighted by Crippen LogP contribution is 2.36. The molecule has 0 aliphatic rings. The largest absolute Gasteiger partial charge is 0.490 e. The SMILES string of the molecule is CCOc1cc(C(N)=S)cc(Br)c1OCC. The van der Waals surface area contributed by atoms with Crippen LogP contribution in [0, 0.1) is 0 Å². The quantitative estimate of drug-likeness (QED) is 0.850. The number of rotatable bonds is 5. The molecule has 1 aromatic rings. The first-order valence-corrected chi connectivity index (χ1v) is 6.19. The molecular weight excluding hydrogens is 290 g/mol. The third-order valence-corrected chi connectivity index (χ3v) is 2.71. The van der Waals surface area contributed by atoms with Crippen LogP contribution in [-0.4, -0.2) is 18.2 Å². The summed E-state index contributed by atoms with van der Waals surface area (Å²) in [6.45, 7) is 4.97. The highest BCUT2D eigenvalue weighted by Gasteiger charge is 2.12. The summed E-state index contributed by atoms with van der Waals surface area (Å²) in [5.74, 6) is 1.34. The fraction of sp³-hybridized carbons (Fsp3) is 0.364. The van der Waals surface area contributed by atoms with Crippen LogP contribution in [0.15, 0.2) is 16.6 Å². The molecule has 16 heavy (non-hydrogen) atoms. The van der Waals surface area contributed by atoms with Crippen LogP contribution in [0.3, 0.4) is 0 Å². The van der Waals surface area contributed by atoms with Gasteiger partial charge < -0.3 is 15.2 Å². The lowest BCUT2D eigenvalue weighted by Crippen LogP contribution is -2.10. The van der Waals surface area contributed by atoms with Crippen molar-refractivity contribution < 1.29 is 9.47 Å². The van der Waals surface area contributed by atoms with E-state index in [0.717, 1.165) is 10.0 Å². The number of hydrogen-bond donors (Lipinski definition) is 1. The van der Waals surface area contributed by atoms with Crippen LogP contribution in [0.2, 0.25) is 0 Å². The van der Waals surface area contributed by atoms with E-state index in [1.165, 1.54) is 0 Å². The number of nitrogens with two attached hydrogens (primary N) is 1. The number of benzene rings is 1. The summed E-state index contributed by atoms with van der Waals surface area (Å²) in [5.41, 5.74) is 6.34. The fourth-order valence-electron chi connectivity index (χ4n) is 1.26. The predicted molar refractivity (Wildman–Crippen MR) is 72.4 cm³/mol. The number of halogens is 1. The van der Waals surface area contributed by atoms with Crippen LogP contribution in [-0.2, 0) is 0 Å². The molecule has 1 aromatic carbocycles. The van der Waals surface area contributed by atoms with Gasteiger partial charge in [-0.3, -0.25) is 0 Å². The van der Waals surface area contributed by atoms with Crippen LogP contribution in [0.1, 0.15) is 19.4 Å². The molecule has 0 saturated carbocycles. The average molecular weight is 304 g/mol. The van der Waals surface area contributed by atoms with Gasteiger partial charge in [0, 0.05) is 5.56 Å². The molecule has 0 aliphatic carbocycles. The molecule has 0 unspecified atom stereocenters. The van der Waals surface area contributed by atoms with Gasteiger partial charge in [-0.15, -0.1) is 0 Å². The second-order valence-electron chi connectivity index (χ2n) is 3.02.